The van der Waals surface area contributed by atoms with Crippen molar-refractivity contribution in [3.05, 3.63) is 54.1 Å². The molecule has 5 nitrogen and oxygen atoms in total. The van der Waals surface area contributed by atoms with Crippen LogP contribution in [0.4, 0.5) is 0 Å². The average Bonchev–Trinajstić information content (AvgIpc) is 2.99. The van der Waals surface area contributed by atoms with E-state index in [4.69, 9.17) is 9.47 Å². The van der Waals surface area contributed by atoms with Gasteiger partial charge in [0.2, 0.25) is 5.91 Å². The number of hydrogen-bond acceptors (Lipinski definition) is 4. The molecule has 2 atom stereocenters. The van der Waals surface area contributed by atoms with E-state index in [9.17, 15) is 4.79 Å². The van der Waals surface area contributed by atoms with E-state index in [0.29, 0.717) is 13.2 Å². The van der Waals surface area contributed by atoms with Gasteiger partial charge in [-0.05, 0) is 17.2 Å². The van der Waals surface area contributed by atoms with Gasteiger partial charge in [0.25, 0.3) is 0 Å². The Morgan fingerprint density at radius 3 is 2.79 bits per heavy atom. The molecule has 2 aromatic rings. The van der Waals surface area contributed by atoms with Gasteiger partial charge in [0.1, 0.15) is 18.0 Å². The first-order valence-electron chi connectivity index (χ1n) is 8.15. The number of hydrogen-bond donors (Lipinski definition) is 1. The summed E-state index contributed by atoms with van der Waals surface area (Å²) < 4.78 is 11.1. The molecule has 0 aliphatic carbocycles. The van der Waals surface area contributed by atoms with Crippen LogP contribution in [-0.4, -0.2) is 43.7 Å². The first kappa shape index (κ1) is 15.2. The maximum atomic E-state index is 12.2. The van der Waals surface area contributed by atoms with Crippen LogP contribution in [0.25, 0.3) is 11.1 Å². The molecule has 4 rings (SSSR count). The fourth-order valence-corrected chi connectivity index (χ4v) is 3.47. The van der Waals surface area contributed by atoms with Gasteiger partial charge < -0.3 is 14.8 Å². The van der Waals surface area contributed by atoms with E-state index in [1.807, 2.05) is 30.3 Å². The van der Waals surface area contributed by atoms with Gasteiger partial charge in [0.15, 0.2) is 0 Å². The van der Waals surface area contributed by atoms with Gasteiger partial charge in [-0.2, -0.15) is 0 Å². The molecule has 5 heteroatoms. The predicted octanol–water partition coefficient (Wildman–Crippen LogP) is 2.19. The van der Waals surface area contributed by atoms with Gasteiger partial charge in [-0.15, -0.1) is 0 Å². The van der Waals surface area contributed by atoms with Crippen molar-refractivity contribution in [1.29, 1.82) is 0 Å². The number of nitrogens with zero attached hydrogens (tertiary/aromatic N) is 1. The Hall–Kier alpha value is -2.37. The van der Waals surface area contributed by atoms with Crippen molar-refractivity contribution in [3.8, 4) is 16.9 Å². The normalized spacial score (nSPS) is 23.6. The predicted molar refractivity (Wildman–Crippen MR) is 90.6 cm³/mol. The highest BCUT2D eigenvalue weighted by molar-refractivity contribution is 5.85. The molecule has 124 valence electrons. The number of amides is 1. The van der Waals surface area contributed by atoms with E-state index in [2.05, 4.69) is 28.4 Å². The second-order valence-electron chi connectivity index (χ2n) is 6.06. The van der Waals surface area contributed by atoms with Gasteiger partial charge in [0.05, 0.1) is 20.3 Å². The summed E-state index contributed by atoms with van der Waals surface area (Å²) >= 11 is 0. The molecule has 0 unspecified atom stereocenters. The zero-order valence-electron chi connectivity index (χ0n) is 13.6. The topological polar surface area (TPSA) is 50.8 Å². The lowest BCUT2D eigenvalue weighted by Crippen LogP contribution is -2.44. The van der Waals surface area contributed by atoms with Crippen LogP contribution in [-0.2, 0) is 9.53 Å². The molecule has 1 amide bonds. The van der Waals surface area contributed by atoms with E-state index in [1.165, 1.54) is 0 Å². The summed E-state index contributed by atoms with van der Waals surface area (Å²) in [5.41, 5.74) is 3.22. The van der Waals surface area contributed by atoms with Crippen molar-refractivity contribution >= 4 is 5.91 Å². The number of benzene rings is 2. The molecule has 24 heavy (non-hydrogen) atoms. The minimum atomic E-state index is -0.206. The van der Waals surface area contributed by atoms with Gasteiger partial charge in [-0.1, -0.05) is 42.5 Å². The number of carbonyl (C=O) groups excluding carboxylic acids is 1. The molecule has 2 fully saturated rings. The molecule has 1 N–H and O–H groups in total. The fraction of sp³-hybridized carbons (Fsp3) is 0.316. The molecule has 2 aliphatic heterocycles. The van der Waals surface area contributed by atoms with Gasteiger partial charge in [0, 0.05) is 12.1 Å². The maximum Gasteiger partial charge on any atom is 0.241 e. The van der Waals surface area contributed by atoms with Gasteiger partial charge in [-0.25, -0.2) is 0 Å². The first-order valence-corrected chi connectivity index (χ1v) is 8.15. The molecule has 2 saturated heterocycles. The molecular formula is C19H20N2O3. The van der Waals surface area contributed by atoms with Gasteiger partial charge in [-0.3, -0.25) is 9.69 Å². The highest BCUT2D eigenvalue weighted by Crippen LogP contribution is 2.36. The van der Waals surface area contributed by atoms with E-state index < -0.39 is 0 Å². The van der Waals surface area contributed by atoms with Crippen molar-refractivity contribution in [3.63, 3.8) is 0 Å². The van der Waals surface area contributed by atoms with E-state index in [-0.39, 0.29) is 18.1 Å². The van der Waals surface area contributed by atoms with E-state index in [1.54, 1.807) is 7.11 Å². The van der Waals surface area contributed by atoms with Crippen LogP contribution < -0.4 is 10.1 Å². The quantitative estimate of drug-likeness (QED) is 0.940. The second-order valence-corrected chi connectivity index (χ2v) is 6.06. The van der Waals surface area contributed by atoms with Gasteiger partial charge >= 0.3 is 0 Å². The van der Waals surface area contributed by atoms with Crippen molar-refractivity contribution in [2.45, 2.75) is 12.2 Å². The monoisotopic (exact) mass is 324 g/mol. The SMILES string of the molecule is COc1cc(-c2ccccc2)ccc1[C@H]1NC(=O)[C@@H]2COCCN12. The van der Waals surface area contributed by atoms with Crippen LogP contribution >= 0.6 is 0 Å². The molecule has 0 spiro atoms. The average molecular weight is 324 g/mol. The van der Waals surface area contributed by atoms with Crippen LogP contribution in [0.15, 0.2) is 48.5 Å². The standard InChI is InChI=1S/C19H20N2O3/c1-23-17-11-14(13-5-3-2-4-6-13)7-8-15(17)18-20-19(22)16-12-24-10-9-21(16)18/h2-8,11,16,18H,9-10,12H2,1H3,(H,20,22)/t16-,18-/m0/s1. The van der Waals surface area contributed by atoms with Crippen molar-refractivity contribution in [2.75, 3.05) is 26.9 Å². The van der Waals surface area contributed by atoms with Crippen LogP contribution in [0.5, 0.6) is 5.75 Å². The number of nitrogens with one attached hydrogen (secondary N) is 1. The lowest BCUT2D eigenvalue weighted by molar-refractivity contribution is -0.125. The molecule has 0 aromatic heterocycles. The Labute approximate surface area is 141 Å². The summed E-state index contributed by atoms with van der Waals surface area (Å²) in [6.07, 6.45) is -0.161. The summed E-state index contributed by atoms with van der Waals surface area (Å²) in [4.78, 5) is 14.4. The highest BCUT2D eigenvalue weighted by Gasteiger charge is 2.43. The van der Waals surface area contributed by atoms with Crippen molar-refractivity contribution in [1.82, 2.24) is 10.2 Å². The summed E-state index contributed by atoms with van der Waals surface area (Å²) in [5.74, 6) is 0.808. The lowest BCUT2D eigenvalue weighted by Gasteiger charge is -2.32. The van der Waals surface area contributed by atoms with Crippen LogP contribution in [0.2, 0.25) is 0 Å². The van der Waals surface area contributed by atoms with Crippen molar-refractivity contribution in [2.24, 2.45) is 0 Å². The molecule has 2 aromatic carbocycles. The Kier molecular flexibility index (Phi) is 3.96. The minimum Gasteiger partial charge on any atom is -0.496 e. The molecule has 0 bridgehead atoms. The number of fused-ring (bicyclic) bond motifs is 1. The number of carbonyl (C=O) groups is 1. The molecule has 0 saturated carbocycles. The molecular weight excluding hydrogens is 304 g/mol. The number of ether oxygens (including phenoxy) is 2. The zero-order chi connectivity index (χ0) is 16.5. The zero-order valence-corrected chi connectivity index (χ0v) is 13.6. The van der Waals surface area contributed by atoms with E-state index in [0.717, 1.165) is 29.0 Å². The number of morpholine rings is 1. The second kappa shape index (κ2) is 6.26. The summed E-state index contributed by atoms with van der Waals surface area (Å²) in [6.45, 7) is 1.83. The smallest absolute Gasteiger partial charge is 0.241 e. The summed E-state index contributed by atoms with van der Waals surface area (Å²) in [6, 6.07) is 16.1. The Bertz CT molecular complexity index is 748. The number of methoxy groups -OCH3 is 1. The Morgan fingerprint density at radius 2 is 2.00 bits per heavy atom. The molecule has 2 heterocycles. The summed E-state index contributed by atoms with van der Waals surface area (Å²) in [5, 5.41) is 3.07. The Balaban J connectivity index is 1.69. The minimum absolute atomic E-state index is 0.0221. The lowest BCUT2D eigenvalue weighted by atomic mass is 10.0. The Morgan fingerprint density at radius 1 is 1.17 bits per heavy atom. The largest absolute Gasteiger partial charge is 0.496 e. The number of rotatable bonds is 3. The van der Waals surface area contributed by atoms with Crippen molar-refractivity contribution < 1.29 is 14.3 Å². The maximum absolute atomic E-state index is 12.2. The highest BCUT2D eigenvalue weighted by atomic mass is 16.5. The van der Waals surface area contributed by atoms with E-state index >= 15 is 0 Å². The van der Waals surface area contributed by atoms with Crippen LogP contribution in [0, 0.1) is 0 Å². The third-order valence-electron chi connectivity index (χ3n) is 4.72. The molecule has 2 aliphatic rings. The van der Waals surface area contributed by atoms with Crippen LogP contribution in [0.3, 0.4) is 0 Å². The fourth-order valence-electron chi connectivity index (χ4n) is 3.47. The third-order valence-corrected chi connectivity index (χ3v) is 4.72. The summed E-state index contributed by atoms with van der Waals surface area (Å²) in [7, 11) is 1.67. The third kappa shape index (κ3) is 2.56. The van der Waals surface area contributed by atoms with Crippen LogP contribution in [0.1, 0.15) is 11.7 Å². The molecule has 0 radical (unpaired) electrons. The first-order chi connectivity index (χ1) is 11.8.